The quantitative estimate of drug-likeness (QED) is 0.874. The molecule has 1 aromatic carbocycles. The van der Waals surface area contributed by atoms with Crippen LogP contribution in [0.1, 0.15) is 25.3 Å². The van der Waals surface area contributed by atoms with E-state index in [1.807, 2.05) is 19.1 Å². The maximum atomic E-state index is 9.74. The topological polar surface area (TPSA) is 35.9 Å². The third kappa shape index (κ3) is 4.90. The Kier molecular flexibility index (Phi) is 5.88. The number of hydrogen-bond donors (Lipinski definition) is 1. The van der Waals surface area contributed by atoms with E-state index >= 15 is 0 Å². The monoisotopic (exact) mass is 292 g/mol. The van der Waals surface area contributed by atoms with Crippen molar-refractivity contribution in [1.29, 1.82) is 0 Å². The van der Waals surface area contributed by atoms with Crippen molar-refractivity contribution in [2.24, 2.45) is 5.92 Å². The summed E-state index contributed by atoms with van der Waals surface area (Å²) in [4.78, 5) is 4.78. The molecule has 1 aliphatic rings. The third-order valence-electron chi connectivity index (χ3n) is 4.18. The van der Waals surface area contributed by atoms with E-state index in [0.717, 1.165) is 19.0 Å². The van der Waals surface area contributed by atoms with Gasteiger partial charge < -0.3 is 19.6 Å². The molecule has 118 valence electrons. The second-order valence-corrected chi connectivity index (χ2v) is 6.18. The molecule has 0 aromatic heterocycles. The van der Waals surface area contributed by atoms with E-state index in [1.54, 1.807) is 6.07 Å². The molecule has 0 radical (unpaired) electrons. The van der Waals surface area contributed by atoms with Crippen LogP contribution in [-0.4, -0.2) is 55.2 Å². The van der Waals surface area contributed by atoms with Crippen molar-refractivity contribution in [3.8, 4) is 11.5 Å². The molecule has 21 heavy (non-hydrogen) atoms. The van der Waals surface area contributed by atoms with Gasteiger partial charge in [-0.15, -0.1) is 0 Å². The van der Waals surface area contributed by atoms with Gasteiger partial charge >= 0.3 is 0 Å². The van der Waals surface area contributed by atoms with E-state index in [2.05, 4.69) is 23.9 Å². The summed E-state index contributed by atoms with van der Waals surface area (Å²) in [5.74, 6) is 1.61. The fraction of sp³-hybridized carbons (Fsp3) is 0.647. The molecule has 2 rings (SSSR count). The normalized spacial score (nSPS) is 17.3. The number of phenols is 1. The van der Waals surface area contributed by atoms with Crippen LogP contribution in [0.25, 0.3) is 0 Å². The van der Waals surface area contributed by atoms with Gasteiger partial charge in [0, 0.05) is 13.1 Å². The summed E-state index contributed by atoms with van der Waals surface area (Å²) in [5, 5.41) is 9.74. The van der Waals surface area contributed by atoms with E-state index in [-0.39, 0.29) is 5.75 Å². The Morgan fingerprint density at radius 3 is 2.71 bits per heavy atom. The van der Waals surface area contributed by atoms with Crippen LogP contribution in [-0.2, 0) is 6.54 Å². The highest BCUT2D eigenvalue weighted by atomic mass is 16.5. The molecule has 0 saturated carbocycles. The van der Waals surface area contributed by atoms with E-state index in [9.17, 15) is 5.11 Å². The van der Waals surface area contributed by atoms with Crippen LogP contribution in [0.15, 0.2) is 18.2 Å². The molecule has 4 heteroatoms. The average molecular weight is 292 g/mol. The first-order valence-corrected chi connectivity index (χ1v) is 7.90. The van der Waals surface area contributed by atoms with Gasteiger partial charge in [-0.1, -0.05) is 6.07 Å². The molecule has 0 bridgehead atoms. The number of rotatable bonds is 6. The van der Waals surface area contributed by atoms with Gasteiger partial charge in [0.25, 0.3) is 0 Å². The van der Waals surface area contributed by atoms with Gasteiger partial charge in [-0.3, -0.25) is 0 Å². The first kappa shape index (κ1) is 16.1. The summed E-state index contributed by atoms with van der Waals surface area (Å²) in [6.07, 6.45) is 2.58. The maximum Gasteiger partial charge on any atom is 0.161 e. The molecular weight excluding hydrogens is 264 g/mol. The van der Waals surface area contributed by atoms with Crippen molar-refractivity contribution >= 4 is 0 Å². The van der Waals surface area contributed by atoms with E-state index < -0.39 is 0 Å². The van der Waals surface area contributed by atoms with Crippen LogP contribution in [0.5, 0.6) is 11.5 Å². The van der Waals surface area contributed by atoms with Gasteiger partial charge in [0.15, 0.2) is 11.5 Å². The Hall–Kier alpha value is -1.26. The highest BCUT2D eigenvalue weighted by molar-refractivity contribution is 5.41. The minimum absolute atomic E-state index is 0.221. The molecule has 1 aromatic rings. The molecule has 1 N–H and O–H groups in total. The molecule has 1 fully saturated rings. The van der Waals surface area contributed by atoms with Crippen LogP contribution in [0, 0.1) is 5.92 Å². The van der Waals surface area contributed by atoms with Gasteiger partial charge in [0.1, 0.15) is 0 Å². The number of likely N-dealkylation sites (tertiary alicyclic amines) is 1. The molecule has 1 heterocycles. The maximum absolute atomic E-state index is 9.74. The van der Waals surface area contributed by atoms with Crippen LogP contribution >= 0.6 is 0 Å². The van der Waals surface area contributed by atoms with Gasteiger partial charge in [-0.25, -0.2) is 0 Å². The lowest BCUT2D eigenvalue weighted by molar-refractivity contribution is 0.173. The number of aromatic hydroxyl groups is 1. The lowest BCUT2D eigenvalue weighted by Gasteiger charge is -2.31. The van der Waals surface area contributed by atoms with E-state index in [1.165, 1.54) is 31.5 Å². The van der Waals surface area contributed by atoms with Crippen molar-refractivity contribution in [2.75, 3.05) is 40.3 Å². The van der Waals surface area contributed by atoms with Gasteiger partial charge in [0.05, 0.1) is 6.61 Å². The zero-order chi connectivity index (χ0) is 15.2. The fourth-order valence-corrected chi connectivity index (χ4v) is 2.99. The van der Waals surface area contributed by atoms with Crippen molar-refractivity contribution in [2.45, 2.75) is 26.3 Å². The van der Waals surface area contributed by atoms with Crippen LogP contribution in [0.2, 0.25) is 0 Å². The second-order valence-electron chi connectivity index (χ2n) is 6.18. The number of ether oxygens (including phenoxy) is 1. The Bertz CT molecular complexity index is 442. The zero-order valence-corrected chi connectivity index (χ0v) is 13.5. The Morgan fingerprint density at radius 2 is 2.05 bits per heavy atom. The molecule has 0 unspecified atom stereocenters. The summed E-state index contributed by atoms with van der Waals surface area (Å²) >= 11 is 0. The van der Waals surface area contributed by atoms with E-state index in [4.69, 9.17) is 4.74 Å². The van der Waals surface area contributed by atoms with Crippen LogP contribution < -0.4 is 4.74 Å². The number of benzene rings is 1. The highest BCUT2D eigenvalue weighted by Gasteiger charge is 2.18. The molecule has 4 nitrogen and oxygen atoms in total. The van der Waals surface area contributed by atoms with Crippen LogP contribution in [0.3, 0.4) is 0 Å². The lowest BCUT2D eigenvalue weighted by atomic mass is 9.96. The lowest BCUT2D eigenvalue weighted by Crippen LogP contribution is -2.35. The number of nitrogens with zero attached hydrogens (tertiary/aromatic N) is 2. The Balaban J connectivity index is 1.87. The second kappa shape index (κ2) is 7.66. The summed E-state index contributed by atoms with van der Waals surface area (Å²) in [5.41, 5.74) is 1.19. The molecule has 0 amide bonds. The first-order chi connectivity index (χ1) is 10.1. The molecule has 1 aliphatic heterocycles. The van der Waals surface area contributed by atoms with Crippen molar-refractivity contribution in [1.82, 2.24) is 9.80 Å². The van der Waals surface area contributed by atoms with E-state index in [0.29, 0.717) is 12.4 Å². The summed E-state index contributed by atoms with van der Waals surface area (Å²) in [7, 11) is 4.37. The predicted octanol–water partition coefficient (Wildman–Crippen LogP) is 2.56. The van der Waals surface area contributed by atoms with Crippen molar-refractivity contribution < 1.29 is 9.84 Å². The van der Waals surface area contributed by atoms with Gasteiger partial charge in [0.2, 0.25) is 0 Å². The average Bonchev–Trinajstić information content (AvgIpc) is 2.45. The molecule has 0 atom stereocenters. The van der Waals surface area contributed by atoms with Crippen LogP contribution in [0.4, 0.5) is 0 Å². The Morgan fingerprint density at radius 1 is 1.33 bits per heavy atom. The number of phenolic OH excluding ortho intramolecular Hbond substituents is 1. The minimum Gasteiger partial charge on any atom is -0.504 e. The summed E-state index contributed by atoms with van der Waals surface area (Å²) in [6, 6.07) is 5.65. The molecular formula is C17H28N2O2. The number of hydrogen-bond acceptors (Lipinski definition) is 4. The smallest absolute Gasteiger partial charge is 0.161 e. The Labute approximate surface area is 128 Å². The SMILES string of the molecule is CCOc1cc(CN(C)CC2CCN(C)CC2)ccc1O. The molecule has 0 spiro atoms. The van der Waals surface area contributed by atoms with Crippen molar-refractivity contribution in [3.63, 3.8) is 0 Å². The first-order valence-electron chi connectivity index (χ1n) is 7.90. The fourth-order valence-electron chi connectivity index (χ4n) is 2.99. The highest BCUT2D eigenvalue weighted by Crippen LogP contribution is 2.27. The third-order valence-corrected chi connectivity index (χ3v) is 4.18. The van der Waals surface area contributed by atoms with Gasteiger partial charge in [-0.05, 0) is 70.6 Å². The minimum atomic E-state index is 0.221. The standard InChI is InChI=1S/C17H28N2O2/c1-4-21-17-11-15(5-6-16(17)20)13-19(3)12-14-7-9-18(2)10-8-14/h5-6,11,14,20H,4,7-10,12-13H2,1-3H3. The largest absolute Gasteiger partial charge is 0.504 e. The predicted molar refractivity (Wildman–Crippen MR) is 85.8 cm³/mol. The molecule has 0 aliphatic carbocycles. The van der Waals surface area contributed by atoms with Gasteiger partial charge in [-0.2, -0.15) is 0 Å². The summed E-state index contributed by atoms with van der Waals surface area (Å²) in [6.45, 7) is 6.96. The summed E-state index contributed by atoms with van der Waals surface area (Å²) < 4.78 is 5.45. The van der Waals surface area contributed by atoms with Crippen molar-refractivity contribution in [3.05, 3.63) is 23.8 Å². The zero-order valence-electron chi connectivity index (χ0n) is 13.5. The number of piperidine rings is 1. The molecule has 1 saturated heterocycles.